The van der Waals surface area contributed by atoms with Crippen LogP contribution in [0, 0.1) is 13.8 Å². The zero-order valence-electron chi connectivity index (χ0n) is 11.3. The van der Waals surface area contributed by atoms with Crippen LogP contribution in [0.3, 0.4) is 0 Å². The number of nitrogens with one attached hydrogen (secondary N) is 1. The van der Waals surface area contributed by atoms with Crippen LogP contribution in [0.5, 0.6) is 0 Å². The summed E-state index contributed by atoms with van der Waals surface area (Å²) in [4.78, 5) is 11.6. The molecule has 0 spiro atoms. The highest BCUT2D eigenvalue weighted by Crippen LogP contribution is 2.19. The fourth-order valence-electron chi connectivity index (χ4n) is 1.63. The molecule has 94 valence electrons. The predicted octanol–water partition coefficient (Wildman–Crippen LogP) is 3.06. The summed E-state index contributed by atoms with van der Waals surface area (Å²) in [7, 11) is 0. The number of carbonyl (C=O) groups excluding carboxylic acids is 1. The van der Waals surface area contributed by atoms with Crippen LogP contribution in [0.15, 0.2) is 18.2 Å². The van der Waals surface area contributed by atoms with Crippen molar-refractivity contribution in [2.24, 2.45) is 0 Å². The van der Waals surface area contributed by atoms with Crippen molar-refractivity contribution in [1.29, 1.82) is 0 Å². The van der Waals surface area contributed by atoms with E-state index >= 15 is 0 Å². The van der Waals surface area contributed by atoms with Gasteiger partial charge >= 0.3 is 5.97 Å². The third kappa shape index (κ3) is 4.47. The highest BCUT2D eigenvalue weighted by molar-refractivity contribution is 5.76. The molecular weight excluding hydrogens is 214 g/mol. The Labute approximate surface area is 103 Å². The van der Waals surface area contributed by atoms with E-state index in [1.54, 1.807) is 0 Å². The van der Waals surface area contributed by atoms with Gasteiger partial charge in [-0.25, -0.2) is 0 Å². The molecule has 0 heterocycles. The van der Waals surface area contributed by atoms with Gasteiger partial charge in [0.25, 0.3) is 0 Å². The molecule has 0 atom stereocenters. The second kappa shape index (κ2) is 5.21. The third-order valence-electron chi connectivity index (χ3n) is 2.31. The zero-order valence-corrected chi connectivity index (χ0v) is 11.3. The Morgan fingerprint density at radius 1 is 1.24 bits per heavy atom. The van der Waals surface area contributed by atoms with Gasteiger partial charge in [0, 0.05) is 5.69 Å². The largest absolute Gasteiger partial charge is 0.459 e. The van der Waals surface area contributed by atoms with Gasteiger partial charge in [-0.1, -0.05) is 18.2 Å². The molecule has 1 N–H and O–H groups in total. The number of benzene rings is 1. The van der Waals surface area contributed by atoms with Gasteiger partial charge in [-0.05, 0) is 45.7 Å². The predicted molar refractivity (Wildman–Crippen MR) is 70.3 cm³/mol. The van der Waals surface area contributed by atoms with Gasteiger partial charge in [-0.2, -0.15) is 0 Å². The van der Waals surface area contributed by atoms with E-state index < -0.39 is 5.60 Å². The number of ether oxygens (including phenoxy) is 1. The van der Waals surface area contributed by atoms with Crippen LogP contribution < -0.4 is 5.32 Å². The monoisotopic (exact) mass is 235 g/mol. The number of anilines is 1. The van der Waals surface area contributed by atoms with Crippen molar-refractivity contribution in [3.63, 3.8) is 0 Å². The van der Waals surface area contributed by atoms with Crippen molar-refractivity contribution in [1.82, 2.24) is 0 Å². The van der Waals surface area contributed by atoms with E-state index in [1.807, 2.05) is 52.8 Å². The number of esters is 1. The topological polar surface area (TPSA) is 38.3 Å². The van der Waals surface area contributed by atoms with Crippen LogP contribution in [0.4, 0.5) is 5.69 Å². The molecule has 0 amide bonds. The third-order valence-corrected chi connectivity index (χ3v) is 2.31. The molecule has 0 fully saturated rings. The molecule has 0 saturated heterocycles. The molecule has 0 unspecified atom stereocenters. The minimum Gasteiger partial charge on any atom is -0.459 e. The molecule has 0 radical (unpaired) electrons. The summed E-state index contributed by atoms with van der Waals surface area (Å²) < 4.78 is 5.24. The summed E-state index contributed by atoms with van der Waals surface area (Å²) in [6.07, 6.45) is 0. The highest BCUT2D eigenvalue weighted by atomic mass is 16.6. The normalized spacial score (nSPS) is 11.1. The van der Waals surface area contributed by atoms with Gasteiger partial charge in [0.1, 0.15) is 12.1 Å². The standard InChI is InChI=1S/C14H21NO2/c1-10-7-6-8-11(2)13(10)15-9-12(16)17-14(3,4)5/h6-8,15H,9H2,1-5H3. The number of para-hydroxylation sites is 1. The summed E-state index contributed by atoms with van der Waals surface area (Å²) in [6.45, 7) is 9.83. The van der Waals surface area contributed by atoms with Gasteiger partial charge < -0.3 is 10.1 Å². The molecule has 0 saturated carbocycles. The van der Waals surface area contributed by atoms with Crippen LogP contribution in [0.25, 0.3) is 0 Å². The lowest BCUT2D eigenvalue weighted by atomic mass is 10.1. The molecular formula is C14H21NO2. The molecule has 0 aliphatic rings. The Kier molecular flexibility index (Phi) is 4.16. The van der Waals surface area contributed by atoms with E-state index in [0.717, 1.165) is 16.8 Å². The van der Waals surface area contributed by atoms with Gasteiger partial charge in [-0.15, -0.1) is 0 Å². The molecule has 3 nitrogen and oxygen atoms in total. The first-order valence-corrected chi connectivity index (χ1v) is 5.81. The molecule has 0 aromatic heterocycles. The lowest BCUT2D eigenvalue weighted by Crippen LogP contribution is -2.28. The summed E-state index contributed by atoms with van der Waals surface area (Å²) in [5, 5.41) is 3.13. The first-order chi connectivity index (χ1) is 7.79. The number of aryl methyl sites for hydroxylation is 2. The lowest BCUT2D eigenvalue weighted by molar-refractivity contribution is -0.152. The molecule has 0 aliphatic heterocycles. The highest BCUT2D eigenvalue weighted by Gasteiger charge is 2.16. The summed E-state index contributed by atoms with van der Waals surface area (Å²) >= 11 is 0. The molecule has 17 heavy (non-hydrogen) atoms. The quantitative estimate of drug-likeness (QED) is 0.818. The number of carbonyl (C=O) groups is 1. The SMILES string of the molecule is Cc1cccc(C)c1NCC(=O)OC(C)(C)C. The fourth-order valence-corrected chi connectivity index (χ4v) is 1.63. The van der Waals surface area contributed by atoms with E-state index in [9.17, 15) is 4.79 Å². The van der Waals surface area contributed by atoms with E-state index in [1.165, 1.54) is 0 Å². The fraction of sp³-hybridized carbons (Fsp3) is 0.500. The number of hydrogen-bond donors (Lipinski definition) is 1. The molecule has 1 aromatic carbocycles. The molecule has 0 bridgehead atoms. The van der Waals surface area contributed by atoms with Crippen molar-refractivity contribution in [2.45, 2.75) is 40.2 Å². The van der Waals surface area contributed by atoms with Crippen LogP contribution >= 0.6 is 0 Å². The Balaban J connectivity index is 2.59. The van der Waals surface area contributed by atoms with Gasteiger partial charge in [0.05, 0.1) is 0 Å². The van der Waals surface area contributed by atoms with Crippen LogP contribution in [0.2, 0.25) is 0 Å². The van der Waals surface area contributed by atoms with Crippen LogP contribution in [0.1, 0.15) is 31.9 Å². The Bertz CT molecular complexity index is 385. The Morgan fingerprint density at radius 2 is 1.76 bits per heavy atom. The van der Waals surface area contributed by atoms with Crippen molar-refractivity contribution >= 4 is 11.7 Å². The van der Waals surface area contributed by atoms with E-state index in [2.05, 4.69) is 5.32 Å². The van der Waals surface area contributed by atoms with Crippen molar-refractivity contribution in [3.05, 3.63) is 29.3 Å². The van der Waals surface area contributed by atoms with Crippen LogP contribution in [-0.2, 0) is 9.53 Å². The van der Waals surface area contributed by atoms with Crippen molar-refractivity contribution in [2.75, 3.05) is 11.9 Å². The zero-order chi connectivity index (χ0) is 13.1. The first kappa shape index (κ1) is 13.6. The van der Waals surface area contributed by atoms with Crippen molar-refractivity contribution in [3.8, 4) is 0 Å². The number of rotatable bonds is 3. The maximum Gasteiger partial charge on any atom is 0.325 e. The van der Waals surface area contributed by atoms with E-state index in [-0.39, 0.29) is 12.5 Å². The Morgan fingerprint density at radius 3 is 2.24 bits per heavy atom. The minimum absolute atomic E-state index is 0.197. The molecule has 1 aromatic rings. The summed E-state index contributed by atoms with van der Waals surface area (Å²) in [5.41, 5.74) is 2.85. The molecule has 1 rings (SSSR count). The van der Waals surface area contributed by atoms with Crippen LogP contribution in [-0.4, -0.2) is 18.1 Å². The van der Waals surface area contributed by atoms with Crippen molar-refractivity contribution < 1.29 is 9.53 Å². The summed E-state index contributed by atoms with van der Waals surface area (Å²) in [5.74, 6) is -0.236. The average Bonchev–Trinajstić information content (AvgIpc) is 2.14. The summed E-state index contributed by atoms with van der Waals surface area (Å²) in [6, 6.07) is 6.04. The minimum atomic E-state index is -0.431. The van der Waals surface area contributed by atoms with Gasteiger partial charge in [0.15, 0.2) is 0 Å². The second-order valence-corrected chi connectivity index (χ2v) is 5.21. The Hall–Kier alpha value is -1.51. The lowest BCUT2D eigenvalue weighted by Gasteiger charge is -2.20. The van der Waals surface area contributed by atoms with Gasteiger partial charge in [-0.3, -0.25) is 4.79 Å². The molecule has 0 aliphatic carbocycles. The maximum absolute atomic E-state index is 11.6. The smallest absolute Gasteiger partial charge is 0.325 e. The average molecular weight is 235 g/mol. The first-order valence-electron chi connectivity index (χ1n) is 5.81. The van der Waals surface area contributed by atoms with E-state index in [4.69, 9.17) is 4.74 Å². The second-order valence-electron chi connectivity index (χ2n) is 5.21. The van der Waals surface area contributed by atoms with Gasteiger partial charge in [0.2, 0.25) is 0 Å². The maximum atomic E-state index is 11.6. The molecule has 3 heteroatoms. The van der Waals surface area contributed by atoms with E-state index in [0.29, 0.717) is 0 Å². The number of hydrogen-bond acceptors (Lipinski definition) is 3.